The molecule has 1 atom stereocenters. The summed E-state index contributed by atoms with van der Waals surface area (Å²) < 4.78 is 0. The highest BCUT2D eigenvalue weighted by Gasteiger charge is 2.21. The van der Waals surface area contributed by atoms with Crippen LogP contribution in [0.2, 0.25) is 0 Å². The van der Waals surface area contributed by atoms with Crippen molar-refractivity contribution < 1.29 is 0 Å². The maximum Gasteiger partial charge on any atom is 0.0138 e. The molecule has 13 heavy (non-hydrogen) atoms. The molecule has 70 valence electrons. The van der Waals surface area contributed by atoms with Gasteiger partial charge in [-0.05, 0) is 30.4 Å². The maximum absolute atomic E-state index is 2.31. The van der Waals surface area contributed by atoms with Crippen LogP contribution in [0.1, 0.15) is 25.8 Å². The summed E-state index contributed by atoms with van der Waals surface area (Å²) in [4.78, 5) is 1.51. The van der Waals surface area contributed by atoms with Crippen molar-refractivity contribution in [2.45, 2.75) is 36.8 Å². The first-order valence-corrected chi connectivity index (χ1v) is 5.88. The fraction of sp³-hybridized carbons (Fsp3) is 0.500. The van der Waals surface area contributed by atoms with E-state index < -0.39 is 0 Å². The van der Waals surface area contributed by atoms with Gasteiger partial charge in [0.25, 0.3) is 0 Å². The molecule has 0 bridgehead atoms. The predicted molar refractivity (Wildman–Crippen MR) is 59.2 cm³/mol. The summed E-state index contributed by atoms with van der Waals surface area (Å²) in [5.74, 6) is 0.826. The highest BCUT2D eigenvalue weighted by atomic mass is 32.2. The third-order valence-corrected chi connectivity index (χ3v) is 3.79. The van der Waals surface area contributed by atoms with Crippen LogP contribution in [0.5, 0.6) is 0 Å². The first kappa shape index (κ1) is 9.14. The Balaban J connectivity index is 2.05. The molecule has 0 saturated heterocycles. The van der Waals surface area contributed by atoms with Crippen molar-refractivity contribution in [2.75, 3.05) is 0 Å². The lowest BCUT2D eigenvalue weighted by atomic mass is 10.0. The van der Waals surface area contributed by atoms with Crippen LogP contribution in [0.3, 0.4) is 0 Å². The van der Waals surface area contributed by atoms with Crippen molar-refractivity contribution in [1.29, 1.82) is 0 Å². The average Bonchev–Trinajstić information content (AvgIpc) is 2.44. The number of benzene rings is 1. The standard InChI is InChI=1S/C12H16S/c1-9(2)7-11-8-10-5-3-4-6-12(10)13-11/h3-6,9,11H,7-8H2,1-2H3. The van der Waals surface area contributed by atoms with Gasteiger partial charge in [-0.2, -0.15) is 0 Å². The molecule has 1 aromatic rings. The topological polar surface area (TPSA) is 0 Å². The van der Waals surface area contributed by atoms with E-state index in [-0.39, 0.29) is 0 Å². The molecule has 0 saturated carbocycles. The van der Waals surface area contributed by atoms with Gasteiger partial charge >= 0.3 is 0 Å². The molecule has 1 unspecified atom stereocenters. The van der Waals surface area contributed by atoms with Crippen molar-refractivity contribution in [3.63, 3.8) is 0 Å². The van der Waals surface area contributed by atoms with E-state index in [0.717, 1.165) is 11.2 Å². The second-order valence-electron chi connectivity index (χ2n) is 4.18. The van der Waals surface area contributed by atoms with E-state index in [0.29, 0.717) is 0 Å². The lowest BCUT2D eigenvalue weighted by molar-refractivity contribution is 0.570. The van der Waals surface area contributed by atoms with Crippen molar-refractivity contribution in [1.82, 2.24) is 0 Å². The fourth-order valence-electron chi connectivity index (χ4n) is 1.91. The molecule has 0 nitrogen and oxygen atoms in total. The van der Waals surface area contributed by atoms with E-state index in [9.17, 15) is 0 Å². The largest absolute Gasteiger partial charge is 0.122 e. The molecule has 0 aliphatic carbocycles. The molecular weight excluding hydrogens is 176 g/mol. The van der Waals surface area contributed by atoms with Gasteiger partial charge in [0.2, 0.25) is 0 Å². The summed E-state index contributed by atoms with van der Waals surface area (Å²) in [6, 6.07) is 8.81. The van der Waals surface area contributed by atoms with Crippen LogP contribution < -0.4 is 0 Å². The number of rotatable bonds is 2. The Labute approximate surface area is 84.7 Å². The second-order valence-corrected chi connectivity index (χ2v) is 5.52. The van der Waals surface area contributed by atoms with Crippen LogP contribution in [-0.4, -0.2) is 5.25 Å². The number of hydrogen-bond acceptors (Lipinski definition) is 1. The van der Waals surface area contributed by atoms with E-state index >= 15 is 0 Å². The summed E-state index contributed by atoms with van der Waals surface area (Å²) >= 11 is 2.06. The molecule has 0 spiro atoms. The Hall–Kier alpha value is -0.430. The monoisotopic (exact) mass is 192 g/mol. The van der Waals surface area contributed by atoms with Gasteiger partial charge in [-0.15, -0.1) is 11.8 Å². The van der Waals surface area contributed by atoms with Crippen LogP contribution >= 0.6 is 11.8 Å². The maximum atomic E-state index is 2.31. The fourth-order valence-corrected chi connectivity index (χ4v) is 3.47. The molecule has 1 aromatic carbocycles. The summed E-state index contributed by atoms with van der Waals surface area (Å²) in [5.41, 5.74) is 1.55. The Morgan fingerprint density at radius 1 is 1.38 bits per heavy atom. The average molecular weight is 192 g/mol. The first-order valence-electron chi connectivity index (χ1n) is 5.00. The molecule has 0 fully saturated rings. The van der Waals surface area contributed by atoms with E-state index in [1.165, 1.54) is 17.7 Å². The van der Waals surface area contributed by atoms with Crippen LogP contribution in [0, 0.1) is 5.92 Å². The molecule has 0 radical (unpaired) electrons. The molecule has 1 heteroatoms. The third kappa shape index (κ3) is 2.08. The van der Waals surface area contributed by atoms with Gasteiger partial charge in [0.15, 0.2) is 0 Å². The Morgan fingerprint density at radius 3 is 2.85 bits per heavy atom. The van der Waals surface area contributed by atoms with Gasteiger partial charge in [0, 0.05) is 10.1 Å². The normalized spacial score (nSPS) is 20.7. The van der Waals surface area contributed by atoms with Crippen molar-refractivity contribution in [2.24, 2.45) is 5.92 Å². The van der Waals surface area contributed by atoms with Crippen molar-refractivity contribution in [3.8, 4) is 0 Å². The number of thioether (sulfide) groups is 1. The molecule has 1 aliphatic heterocycles. The van der Waals surface area contributed by atoms with Gasteiger partial charge in [0.05, 0.1) is 0 Å². The lowest BCUT2D eigenvalue weighted by Crippen LogP contribution is -2.04. The zero-order valence-corrected chi connectivity index (χ0v) is 9.10. The Kier molecular flexibility index (Phi) is 2.63. The smallest absolute Gasteiger partial charge is 0.0138 e. The van der Waals surface area contributed by atoms with Gasteiger partial charge in [-0.3, -0.25) is 0 Å². The van der Waals surface area contributed by atoms with Crippen LogP contribution in [0.4, 0.5) is 0 Å². The van der Waals surface area contributed by atoms with E-state index in [1.807, 2.05) is 0 Å². The summed E-state index contributed by atoms with van der Waals surface area (Å²) in [5, 5.41) is 0.831. The van der Waals surface area contributed by atoms with Crippen molar-refractivity contribution in [3.05, 3.63) is 29.8 Å². The minimum Gasteiger partial charge on any atom is -0.122 e. The van der Waals surface area contributed by atoms with E-state index in [4.69, 9.17) is 0 Å². The molecular formula is C12H16S. The zero-order valence-electron chi connectivity index (χ0n) is 8.29. The first-order chi connectivity index (χ1) is 6.25. The summed E-state index contributed by atoms with van der Waals surface area (Å²) in [6.07, 6.45) is 2.62. The van der Waals surface area contributed by atoms with Gasteiger partial charge in [-0.25, -0.2) is 0 Å². The minimum absolute atomic E-state index is 0.826. The second kappa shape index (κ2) is 3.75. The van der Waals surface area contributed by atoms with Crippen molar-refractivity contribution >= 4 is 11.8 Å². The molecule has 0 amide bonds. The predicted octanol–water partition coefficient (Wildman–Crippen LogP) is 3.75. The molecule has 1 aliphatic rings. The summed E-state index contributed by atoms with van der Waals surface area (Å²) in [7, 11) is 0. The van der Waals surface area contributed by atoms with Crippen LogP contribution in [0.15, 0.2) is 29.2 Å². The highest BCUT2D eigenvalue weighted by Crippen LogP contribution is 2.39. The minimum atomic E-state index is 0.826. The molecule has 0 N–H and O–H groups in total. The van der Waals surface area contributed by atoms with E-state index in [2.05, 4.69) is 49.9 Å². The Morgan fingerprint density at radius 2 is 2.15 bits per heavy atom. The SMILES string of the molecule is CC(C)CC1Cc2ccccc2S1. The third-order valence-electron chi connectivity index (χ3n) is 2.45. The summed E-state index contributed by atoms with van der Waals surface area (Å²) in [6.45, 7) is 4.62. The highest BCUT2D eigenvalue weighted by molar-refractivity contribution is 8.00. The number of fused-ring (bicyclic) bond motifs is 1. The van der Waals surface area contributed by atoms with Crippen LogP contribution in [0.25, 0.3) is 0 Å². The van der Waals surface area contributed by atoms with Gasteiger partial charge in [-0.1, -0.05) is 32.0 Å². The molecule has 2 rings (SSSR count). The Bertz CT molecular complexity index is 266. The van der Waals surface area contributed by atoms with Crippen LogP contribution in [-0.2, 0) is 6.42 Å². The number of hydrogen-bond donors (Lipinski definition) is 0. The van der Waals surface area contributed by atoms with E-state index in [1.54, 1.807) is 5.56 Å². The molecule has 0 aromatic heterocycles. The molecule has 1 heterocycles. The van der Waals surface area contributed by atoms with Gasteiger partial charge in [0.1, 0.15) is 0 Å². The lowest BCUT2D eigenvalue weighted by Gasteiger charge is -2.10. The quantitative estimate of drug-likeness (QED) is 0.687. The zero-order chi connectivity index (χ0) is 9.26. The van der Waals surface area contributed by atoms with Gasteiger partial charge < -0.3 is 0 Å².